The number of aliphatic hydroxyl groups is 1. The van der Waals surface area contributed by atoms with Crippen LogP contribution in [0, 0.1) is 12.8 Å². The molecule has 1 aromatic rings. The van der Waals surface area contributed by atoms with Gasteiger partial charge < -0.3 is 10.2 Å². The van der Waals surface area contributed by atoms with E-state index >= 15 is 0 Å². The van der Waals surface area contributed by atoms with Crippen molar-refractivity contribution in [3.8, 4) is 0 Å². The van der Waals surface area contributed by atoms with Gasteiger partial charge in [0.1, 0.15) is 0 Å². The summed E-state index contributed by atoms with van der Waals surface area (Å²) in [5, 5.41) is 18.2. The molecule has 0 saturated carbocycles. The van der Waals surface area contributed by atoms with Crippen LogP contribution < -0.4 is 0 Å². The van der Waals surface area contributed by atoms with E-state index in [4.69, 9.17) is 5.11 Å². The van der Waals surface area contributed by atoms with Crippen molar-refractivity contribution < 1.29 is 15.0 Å². The lowest BCUT2D eigenvalue weighted by Gasteiger charge is -2.21. The van der Waals surface area contributed by atoms with Crippen LogP contribution in [0.4, 0.5) is 0 Å². The van der Waals surface area contributed by atoms with Crippen molar-refractivity contribution in [3.63, 3.8) is 0 Å². The highest BCUT2D eigenvalue weighted by molar-refractivity contribution is 5.77. The molecule has 0 aromatic heterocycles. The Labute approximate surface area is 95.7 Å². The second kappa shape index (κ2) is 5.66. The van der Waals surface area contributed by atoms with Crippen molar-refractivity contribution in [2.45, 2.75) is 26.2 Å². The number of carbonyl (C=O) groups is 1. The summed E-state index contributed by atoms with van der Waals surface area (Å²) in [6, 6.07) is 7.51. The first-order chi connectivity index (χ1) is 7.57. The molecule has 0 aliphatic rings. The summed E-state index contributed by atoms with van der Waals surface area (Å²) in [6.45, 7) is 3.80. The van der Waals surface area contributed by atoms with E-state index in [0.29, 0.717) is 6.42 Å². The lowest BCUT2D eigenvalue weighted by molar-refractivity contribution is -0.140. The predicted octanol–water partition coefficient (Wildman–Crippen LogP) is 2.18. The fourth-order valence-electron chi connectivity index (χ4n) is 1.99. The Morgan fingerprint density at radius 3 is 2.50 bits per heavy atom. The average molecular weight is 222 g/mol. The molecule has 0 amide bonds. The third-order valence-corrected chi connectivity index (χ3v) is 2.94. The van der Waals surface area contributed by atoms with Gasteiger partial charge in [-0.1, -0.05) is 31.2 Å². The molecular formula is C13H18O3. The van der Waals surface area contributed by atoms with Crippen LogP contribution in [-0.4, -0.2) is 22.8 Å². The van der Waals surface area contributed by atoms with Gasteiger partial charge in [-0.25, -0.2) is 0 Å². The highest BCUT2D eigenvalue weighted by Crippen LogP contribution is 2.29. The van der Waals surface area contributed by atoms with E-state index < -0.39 is 11.9 Å². The van der Waals surface area contributed by atoms with Gasteiger partial charge in [0.2, 0.25) is 0 Å². The van der Waals surface area contributed by atoms with Crippen molar-refractivity contribution in [2.24, 2.45) is 5.92 Å². The highest BCUT2D eigenvalue weighted by Gasteiger charge is 2.27. The van der Waals surface area contributed by atoms with Crippen molar-refractivity contribution in [2.75, 3.05) is 6.61 Å². The first kappa shape index (κ1) is 12.7. The lowest BCUT2D eigenvalue weighted by atomic mass is 9.83. The number of benzene rings is 1. The zero-order chi connectivity index (χ0) is 12.1. The van der Waals surface area contributed by atoms with Crippen LogP contribution in [0.1, 0.15) is 30.4 Å². The lowest BCUT2D eigenvalue weighted by Crippen LogP contribution is -2.21. The Morgan fingerprint density at radius 1 is 1.38 bits per heavy atom. The van der Waals surface area contributed by atoms with E-state index in [-0.39, 0.29) is 12.5 Å². The van der Waals surface area contributed by atoms with Gasteiger partial charge in [0.25, 0.3) is 0 Å². The molecule has 3 nitrogen and oxygen atoms in total. The van der Waals surface area contributed by atoms with Gasteiger partial charge in [0, 0.05) is 6.61 Å². The molecule has 2 atom stereocenters. The number of aryl methyl sites for hydroxylation is 1. The van der Waals surface area contributed by atoms with Gasteiger partial charge >= 0.3 is 5.97 Å². The summed E-state index contributed by atoms with van der Waals surface area (Å²) in [6.07, 6.45) is 0.505. The molecule has 2 unspecified atom stereocenters. The van der Waals surface area contributed by atoms with Gasteiger partial charge in [-0.05, 0) is 30.4 Å². The fourth-order valence-corrected chi connectivity index (χ4v) is 1.99. The van der Waals surface area contributed by atoms with Gasteiger partial charge in [0.15, 0.2) is 0 Å². The summed E-state index contributed by atoms with van der Waals surface area (Å²) >= 11 is 0. The fraction of sp³-hybridized carbons (Fsp3) is 0.462. The van der Waals surface area contributed by atoms with Gasteiger partial charge in [-0.2, -0.15) is 0 Å². The first-order valence-electron chi connectivity index (χ1n) is 5.47. The van der Waals surface area contributed by atoms with Crippen LogP contribution in [0.15, 0.2) is 24.3 Å². The maximum atomic E-state index is 11.3. The molecule has 0 aliphatic heterocycles. The Balaban J connectivity index is 3.03. The third kappa shape index (κ3) is 2.83. The summed E-state index contributed by atoms with van der Waals surface area (Å²) in [5.41, 5.74) is 1.83. The molecule has 3 heteroatoms. The SMILES string of the molecule is Cc1ccccc1C(C(=O)O)C(C)CCO. The maximum Gasteiger partial charge on any atom is 0.311 e. The molecule has 0 aliphatic carbocycles. The van der Waals surface area contributed by atoms with E-state index in [0.717, 1.165) is 11.1 Å². The number of rotatable bonds is 5. The smallest absolute Gasteiger partial charge is 0.311 e. The number of aliphatic hydroxyl groups excluding tert-OH is 1. The molecule has 0 bridgehead atoms. The van der Waals surface area contributed by atoms with Crippen LogP contribution in [0.25, 0.3) is 0 Å². The molecule has 0 saturated heterocycles. The molecule has 1 aromatic carbocycles. The molecule has 88 valence electrons. The summed E-state index contributed by atoms with van der Waals surface area (Å²) < 4.78 is 0. The van der Waals surface area contributed by atoms with Gasteiger partial charge in [-0.15, -0.1) is 0 Å². The average Bonchev–Trinajstić information content (AvgIpc) is 2.21. The standard InChI is InChI=1S/C13H18O3/c1-9-5-3-4-6-11(9)12(13(15)16)10(2)7-8-14/h3-6,10,12,14H,7-8H2,1-2H3,(H,15,16). The Bertz CT molecular complexity index is 360. The van der Waals surface area contributed by atoms with E-state index in [1.54, 1.807) is 0 Å². The van der Waals surface area contributed by atoms with E-state index in [2.05, 4.69) is 0 Å². The number of hydrogen-bond acceptors (Lipinski definition) is 2. The van der Waals surface area contributed by atoms with E-state index in [9.17, 15) is 9.90 Å². The Hall–Kier alpha value is -1.35. The molecule has 1 rings (SSSR count). The summed E-state index contributed by atoms with van der Waals surface area (Å²) in [7, 11) is 0. The molecular weight excluding hydrogens is 204 g/mol. The summed E-state index contributed by atoms with van der Waals surface area (Å²) in [4.78, 5) is 11.3. The van der Waals surface area contributed by atoms with Crippen LogP contribution in [0.3, 0.4) is 0 Å². The number of aliphatic carboxylic acids is 1. The zero-order valence-electron chi connectivity index (χ0n) is 9.68. The molecule has 0 fully saturated rings. The molecule has 0 spiro atoms. The predicted molar refractivity (Wildman–Crippen MR) is 62.4 cm³/mol. The highest BCUT2D eigenvalue weighted by atomic mass is 16.4. The first-order valence-corrected chi connectivity index (χ1v) is 5.47. The monoisotopic (exact) mass is 222 g/mol. The second-order valence-corrected chi connectivity index (χ2v) is 4.16. The molecule has 16 heavy (non-hydrogen) atoms. The van der Waals surface area contributed by atoms with Crippen LogP contribution in [0.2, 0.25) is 0 Å². The maximum absolute atomic E-state index is 11.3. The Kier molecular flexibility index (Phi) is 4.50. The van der Waals surface area contributed by atoms with Crippen LogP contribution in [-0.2, 0) is 4.79 Å². The largest absolute Gasteiger partial charge is 0.481 e. The van der Waals surface area contributed by atoms with Crippen molar-refractivity contribution >= 4 is 5.97 Å². The van der Waals surface area contributed by atoms with Gasteiger partial charge in [0.05, 0.1) is 5.92 Å². The minimum absolute atomic E-state index is 0.0246. The number of carboxylic acids is 1. The quantitative estimate of drug-likeness (QED) is 0.802. The van der Waals surface area contributed by atoms with Crippen LogP contribution in [0.5, 0.6) is 0 Å². The van der Waals surface area contributed by atoms with Crippen molar-refractivity contribution in [1.29, 1.82) is 0 Å². The molecule has 2 N–H and O–H groups in total. The topological polar surface area (TPSA) is 57.5 Å². The van der Waals surface area contributed by atoms with Crippen molar-refractivity contribution in [1.82, 2.24) is 0 Å². The minimum Gasteiger partial charge on any atom is -0.481 e. The van der Waals surface area contributed by atoms with E-state index in [1.165, 1.54) is 0 Å². The third-order valence-electron chi connectivity index (χ3n) is 2.94. The molecule has 0 radical (unpaired) electrons. The van der Waals surface area contributed by atoms with Crippen LogP contribution >= 0.6 is 0 Å². The zero-order valence-corrected chi connectivity index (χ0v) is 9.68. The number of carboxylic acid groups (broad SMARTS) is 1. The van der Waals surface area contributed by atoms with Crippen molar-refractivity contribution in [3.05, 3.63) is 35.4 Å². The normalized spacial score (nSPS) is 14.4. The number of hydrogen-bond donors (Lipinski definition) is 2. The summed E-state index contributed by atoms with van der Waals surface area (Å²) in [5.74, 6) is -1.42. The molecule has 0 heterocycles. The minimum atomic E-state index is -0.824. The van der Waals surface area contributed by atoms with Gasteiger partial charge in [-0.3, -0.25) is 4.79 Å². The Morgan fingerprint density at radius 2 is 2.00 bits per heavy atom. The second-order valence-electron chi connectivity index (χ2n) is 4.16. The van der Waals surface area contributed by atoms with E-state index in [1.807, 2.05) is 38.1 Å².